The van der Waals surface area contributed by atoms with Crippen LogP contribution in [0.2, 0.25) is 0 Å². The molecule has 0 spiro atoms. The number of likely N-dealkylation sites (tertiary alicyclic amines) is 1. The fraction of sp³-hybridized carbons (Fsp3) is 0.643. The molecule has 2 aliphatic rings. The first kappa shape index (κ1) is 13.0. The largest absolute Gasteiger partial charge is 0.443 e. The van der Waals surface area contributed by atoms with Crippen molar-refractivity contribution < 1.29 is 9.53 Å². The first-order valence-electron chi connectivity index (χ1n) is 6.59. The number of nitrogens with zero attached hydrogens (tertiary/aromatic N) is 2. The van der Waals surface area contributed by atoms with Crippen LogP contribution in [0.1, 0.15) is 33.6 Å². The van der Waals surface area contributed by atoms with Crippen LogP contribution in [0.4, 0.5) is 4.79 Å². The summed E-state index contributed by atoms with van der Waals surface area (Å²) in [5.41, 5.74) is 0.671. The monoisotopic (exact) mass is 250 g/mol. The highest BCUT2D eigenvalue weighted by Gasteiger charge is 2.23. The topological polar surface area (TPSA) is 32.8 Å². The second-order valence-electron chi connectivity index (χ2n) is 5.78. The van der Waals surface area contributed by atoms with E-state index in [9.17, 15) is 4.79 Å². The van der Waals surface area contributed by atoms with Crippen molar-refractivity contribution >= 4 is 6.09 Å². The fourth-order valence-corrected chi connectivity index (χ4v) is 2.15. The first-order valence-corrected chi connectivity index (χ1v) is 6.59. The van der Waals surface area contributed by atoms with E-state index < -0.39 is 5.60 Å². The summed E-state index contributed by atoms with van der Waals surface area (Å²) < 4.78 is 5.38. The number of allylic oxidation sites excluding steroid dienone is 1. The minimum atomic E-state index is -0.445. The number of carbonyl (C=O) groups is 1. The molecule has 4 heteroatoms. The highest BCUT2D eigenvalue weighted by molar-refractivity contribution is 5.70. The molecule has 0 aliphatic carbocycles. The molecule has 0 N–H and O–H groups in total. The molecule has 2 rings (SSSR count). The molecule has 0 aromatic carbocycles. The number of hydrogen-bond donors (Lipinski definition) is 0. The number of rotatable bonds is 1. The van der Waals surface area contributed by atoms with Gasteiger partial charge in [-0.05, 0) is 39.7 Å². The van der Waals surface area contributed by atoms with Gasteiger partial charge >= 0.3 is 6.09 Å². The van der Waals surface area contributed by atoms with Gasteiger partial charge in [0.15, 0.2) is 0 Å². The van der Waals surface area contributed by atoms with Crippen molar-refractivity contribution in [1.82, 2.24) is 9.80 Å². The minimum absolute atomic E-state index is 0.274. The van der Waals surface area contributed by atoms with E-state index in [1.807, 2.05) is 33.0 Å². The number of hydrogen-bond acceptors (Lipinski definition) is 3. The Morgan fingerprint density at radius 3 is 2.56 bits per heavy atom. The zero-order chi connectivity index (χ0) is 13.2. The predicted octanol–water partition coefficient (Wildman–Crippen LogP) is 2.73. The Bertz CT molecular complexity index is 374. The van der Waals surface area contributed by atoms with Crippen LogP contribution in [-0.2, 0) is 4.74 Å². The van der Waals surface area contributed by atoms with Crippen LogP contribution in [0.25, 0.3) is 0 Å². The lowest BCUT2D eigenvalue weighted by atomic mass is 10.2. The molecule has 0 aromatic heterocycles. The van der Waals surface area contributed by atoms with E-state index in [0.29, 0.717) is 6.54 Å². The average molecular weight is 250 g/mol. The van der Waals surface area contributed by atoms with Crippen LogP contribution in [0, 0.1) is 0 Å². The second kappa shape index (κ2) is 5.04. The molecule has 0 saturated carbocycles. The Kier molecular flexibility index (Phi) is 3.64. The minimum Gasteiger partial charge on any atom is -0.443 e. The van der Waals surface area contributed by atoms with Crippen LogP contribution < -0.4 is 0 Å². The lowest BCUT2D eigenvalue weighted by molar-refractivity contribution is 0.0346. The summed E-state index contributed by atoms with van der Waals surface area (Å²) in [7, 11) is 0. The highest BCUT2D eigenvalue weighted by atomic mass is 16.6. The van der Waals surface area contributed by atoms with Crippen LogP contribution in [0.15, 0.2) is 24.0 Å². The fourth-order valence-electron chi connectivity index (χ4n) is 2.15. The smallest absolute Gasteiger partial charge is 0.414 e. The normalized spacial score (nSPS) is 20.1. The molecule has 0 unspecified atom stereocenters. The van der Waals surface area contributed by atoms with E-state index in [2.05, 4.69) is 11.0 Å². The van der Waals surface area contributed by atoms with Gasteiger partial charge < -0.3 is 9.64 Å². The van der Waals surface area contributed by atoms with Crippen molar-refractivity contribution in [2.24, 2.45) is 0 Å². The Morgan fingerprint density at radius 1 is 1.28 bits per heavy atom. The SMILES string of the molecule is CC(C)(C)OC(=O)N1C=C(N2CCCC2)C=CC1. The zero-order valence-electron chi connectivity index (χ0n) is 11.5. The maximum atomic E-state index is 12.0. The van der Waals surface area contributed by atoms with Crippen molar-refractivity contribution in [3.8, 4) is 0 Å². The Morgan fingerprint density at radius 2 is 1.94 bits per heavy atom. The van der Waals surface area contributed by atoms with Gasteiger partial charge in [-0.2, -0.15) is 0 Å². The molecule has 0 bridgehead atoms. The lowest BCUT2D eigenvalue weighted by Gasteiger charge is -2.28. The van der Waals surface area contributed by atoms with E-state index >= 15 is 0 Å². The Balaban J connectivity index is 2.02. The summed E-state index contributed by atoms with van der Waals surface area (Å²) in [6.45, 7) is 8.41. The number of amides is 1. The van der Waals surface area contributed by atoms with Crippen molar-refractivity contribution in [2.45, 2.75) is 39.2 Å². The summed E-state index contributed by atoms with van der Waals surface area (Å²) in [6, 6.07) is 0. The van der Waals surface area contributed by atoms with Crippen molar-refractivity contribution in [2.75, 3.05) is 19.6 Å². The maximum absolute atomic E-state index is 12.0. The van der Waals surface area contributed by atoms with E-state index in [4.69, 9.17) is 4.74 Å². The molecule has 1 amide bonds. The lowest BCUT2D eigenvalue weighted by Crippen LogP contribution is -2.36. The summed E-state index contributed by atoms with van der Waals surface area (Å²) in [5, 5.41) is 0. The van der Waals surface area contributed by atoms with Crippen molar-refractivity contribution in [1.29, 1.82) is 0 Å². The van der Waals surface area contributed by atoms with Gasteiger partial charge in [-0.3, -0.25) is 4.90 Å². The quantitative estimate of drug-likeness (QED) is 0.717. The Labute approximate surface area is 109 Å². The third-order valence-corrected chi connectivity index (χ3v) is 2.98. The predicted molar refractivity (Wildman–Crippen MR) is 71.0 cm³/mol. The third-order valence-electron chi connectivity index (χ3n) is 2.98. The van der Waals surface area contributed by atoms with Gasteiger partial charge in [-0.25, -0.2) is 4.79 Å². The van der Waals surface area contributed by atoms with E-state index in [0.717, 1.165) is 18.8 Å². The van der Waals surface area contributed by atoms with Crippen LogP contribution in [-0.4, -0.2) is 41.1 Å². The Hall–Kier alpha value is -1.45. The number of carbonyl (C=O) groups excluding carboxylic acids is 1. The molecule has 0 radical (unpaired) electrons. The molecule has 4 nitrogen and oxygen atoms in total. The molecular formula is C14H22N2O2. The van der Waals surface area contributed by atoms with Gasteiger partial charge in [-0.1, -0.05) is 6.08 Å². The maximum Gasteiger partial charge on any atom is 0.414 e. The molecule has 18 heavy (non-hydrogen) atoms. The molecule has 100 valence electrons. The highest BCUT2D eigenvalue weighted by Crippen LogP contribution is 2.20. The summed E-state index contributed by atoms with van der Waals surface area (Å²) in [5.74, 6) is 0. The first-order chi connectivity index (χ1) is 8.46. The second-order valence-corrected chi connectivity index (χ2v) is 5.78. The van der Waals surface area contributed by atoms with Crippen LogP contribution >= 0.6 is 0 Å². The van der Waals surface area contributed by atoms with Crippen molar-refractivity contribution in [3.63, 3.8) is 0 Å². The summed E-state index contributed by atoms with van der Waals surface area (Å²) >= 11 is 0. The molecule has 0 aromatic rings. The van der Waals surface area contributed by atoms with Crippen LogP contribution in [0.3, 0.4) is 0 Å². The molecule has 1 saturated heterocycles. The third kappa shape index (κ3) is 3.28. The van der Waals surface area contributed by atoms with Crippen LogP contribution in [0.5, 0.6) is 0 Å². The van der Waals surface area contributed by atoms with Gasteiger partial charge in [0.1, 0.15) is 5.60 Å². The van der Waals surface area contributed by atoms with E-state index in [-0.39, 0.29) is 6.09 Å². The van der Waals surface area contributed by atoms with E-state index in [1.165, 1.54) is 12.8 Å². The molecule has 1 fully saturated rings. The van der Waals surface area contributed by atoms with Gasteiger partial charge in [-0.15, -0.1) is 0 Å². The van der Waals surface area contributed by atoms with E-state index in [1.54, 1.807) is 4.90 Å². The van der Waals surface area contributed by atoms with Crippen molar-refractivity contribution in [3.05, 3.63) is 24.0 Å². The van der Waals surface area contributed by atoms with Gasteiger partial charge in [0, 0.05) is 25.8 Å². The molecular weight excluding hydrogens is 228 g/mol. The molecule has 0 atom stereocenters. The van der Waals surface area contributed by atoms with Gasteiger partial charge in [0.2, 0.25) is 0 Å². The van der Waals surface area contributed by atoms with Gasteiger partial charge in [0.25, 0.3) is 0 Å². The molecule has 2 heterocycles. The summed E-state index contributed by atoms with van der Waals surface area (Å²) in [6.07, 6.45) is 8.20. The summed E-state index contributed by atoms with van der Waals surface area (Å²) in [4.78, 5) is 15.9. The zero-order valence-corrected chi connectivity index (χ0v) is 11.5. The molecule has 2 aliphatic heterocycles. The van der Waals surface area contributed by atoms with Gasteiger partial charge in [0.05, 0.1) is 5.70 Å². The standard InChI is InChI=1S/C14H22N2O2/c1-14(2,3)18-13(17)16-10-6-7-12(11-16)15-8-4-5-9-15/h6-7,11H,4-5,8-10H2,1-3H3. The average Bonchev–Trinajstić information content (AvgIpc) is 2.80. The number of ether oxygens (including phenoxy) is 1.